The largest absolute Gasteiger partial charge is 0.343 e. The number of benzene rings is 3. The Morgan fingerprint density at radius 1 is 0.769 bits per heavy atom. The van der Waals surface area contributed by atoms with Gasteiger partial charge in [0.15, 0.2) is 0 Å². The highest BCUT2D eigenvalue weighted by Gasteiger charge is 2.24. The van der Waals surface area contributed by atoms with E-state index in [4.69, 9.17) is 0 Å². The maximum Gasteiger partial charge on any atom is 0.0537 e. The molecule has 0 aliphatic carbocycles. The first-order chi connectivity index (χ1) is 12.8. The maximum atomic E-state index is 2.56. The molecule has 2 heteroatoms. The first kappa shape index (κ1) is 15.4. The normalized spacial score (nSPS) is 14.0. The Hall–Kier alpha value is -2.84. The van der Waals surface area contributed by atoms with Crippen LogP contribution in [-0.4, -0.2) is 9.47 Å². The quantitative estimate of drug-likeness (QED) is 0.477. The van der Waals surface area contributed by atoms with Gasteiger partial charge in [-0.1, -0.05) is 72.8 Å². The van der Waals surface area contributed by atoms with E-state index in [1.54, 1.807) is 0 Å². The molecule has 1 aliphatic rings. The zero-order valence-electron chi connectivity index (χ0n) is 15.0. The number of aromatic nitrogens is 1. The van der Waals surface area contributed by atoms with Gasteiger partial charge in [-0.15, -0.1) is 0 Å². The van der Waals surface area contributed by atoms with Crippen molar-refractivity contribution in [3.63, 3.8) is 0 Å². The lowest BCUT2D eigenvalue weighted by Gasteiger charge is -2.21. The van der Waals surface area contributed by atoms with Gasteiger partial charge in [-0.3, -0.25) is 4.90 Å². The van der Waals surface area contributed by atoms with Gasteiger partial charge < -0.3 is 4.57 Å². The topological polar surface area (TPSA) is 8.17 Å². The third-order valence-corrected chi connectivity index (χ3v) is 5.51. The second kappa shape index (κ2) is 6.15. The summed E-state index contributed by atoms with van der Waals surface area (Å²) in [5.41, 5.74) is 8.29. The van der Waals surface area contributed by atoms with E-state index in [2.05, 4.69) is 95.4 Å². The van der Waals surface area contributed by atoms with Crippen LogP contribution < -0.4 is 0 Å². The highest BCUT2D eigenvalue weighted by atomic mass is 15.1. The summed E-state index contributed by atoms with van der Waals surface area (Å²) in [4.78, 5) is 2.56. The number of nitrogens with zero attached hydrogens (tertiary/aromatic N) is 2. The van der Waals surface area contributed by atoms with Crippen molar-refractivity contribution in [3.8, 4) is 11.3 Å². The summed E-state index contributed by atoms with van der Waals surface area (Å²) < 4.78 is 2.37. The maximum absolute atomic E-state index is 2.56. The molecule has 4 aromatic rings. The van der Waals surface area contributed by atoms with E-state index in [-0.39, 0.29) is 0 Å². The molecule has 0 N–H and O–H groups in total. The minimum absolute atomic E-state index is 0.970. The molecule has 0 atom stereocenters. The third-order valence-electron chi connectivity index (χ3n) is 5.51. The van der Waals surface area contributed by atoms with Crippen LogP contribution >= 0.6 is 0 Å². The standard InChI is InChI=1S/C24H22N2/c1-25-23-14-8-7-13-21(23)22-17-26(15-18-9-3-2-4-10-18)16-19-11-5-6-12-20(19)24(22)25/h2-14H,15-17H2,1H3. The van der Waals surface area contributed by atoms with E-state index in [0.29, 0.717) is 0 Å². The molecule has 0 amide bonds. The van der Waals surface area contributed by atoms with Gasteiger partial charge in [-0.25, -0.2) is 0 Å². The summed E-state index contributed by atoms with van der Waals surface area (Å²) in [6.07, 6.45) is 0. The fraction of sp³-hybridized carbons (Fsp3) is 0.167. The van der Waals surface area contributed by atoms with Crippen molar-refractivity contribution in [3.05, 3.63) is 95.6 Å². The van der Waals surface area contributed by atoms with Gasteiger partial charge >= 0.3 is 0 Å². The van der Waals surface area contributed by atoms with Crippen molar-refractivity contribution < 1.29 is 0 Å². The molecule has 2 nitrogen and oxygen atoms in total. The number of rotatable bonds is 2. The molecular formula is C24H22N2. The molecule has 128 valence electrons. The van der Waals surface area contributed by atoms with E-state index < -0.39 is 0 Å². The SMILES string of the molecule is Cn1c2c(c3ccccc31)CN(Cc1ccccc1)Cc1ccccc1-2. The molecular weight excluding hydrogens is 316 g/mol. The Labute approximate surface area is 154 Å². The summed E-state index contributed by atoms with van der Waals surface area (Å²) in [7, 11) is 2.20. The molecule has 5 rings (SSSR count). The Kier molecular flexibility index (Phi) is 3.65. The van der Waals surface area contributed by atoms with Gasteiger partial charge in [0, 0.05) is 43.1 Å². The molecule has 0 bridgehead atoms. The van der Waals surface area contributed by atoms with E-state index in [1.807, 2.05) is 0 Å². The van der Waals surface area contributed by atoms with Crippen LogP contribution in [0.1, 0.15) is 16.7 Å². The van der Waals surface area contributed by atoms with Crippen molar-refractivity contribution in [2.45, 2.75) is 19.6 Å². The summed E-state index contributed by atoms with van der Waals surface area (Å²) in [5, 5.41) is 1.37. The minimum Gasteiger partial charge on any atom is -0.343 e. The van der Waals surface area contributed by atoms with Crippen LogP contribution in [0.15, 0.2) is 78.9 Å². The van der Waals surface area contributed by atoms with Crippen LogP contribution in [0, 0.1) is 0 Å². The fourth-order valence-corrected chi connectivity index (χ4v) is 4.34. The molecule has 3 aromatic carbocycles. The van der Waals surface area contributed by atoms with Crippen LogP contribution in [0.4, 0.5) is 0 Å². The van der Waals surface area contributed by atoms with Crippen molar-refractivity contribution in [1.29, 1.82) is 0 Å². The van der Waals surface area contributed by atoms with Gasteiger partial charge in [0.1, 0.15) is 0 Å². The van der Waals surface area contributed by atoms with Gasteiger partial charge in [0.2, 0.25) is 0 Å². The molecule has 1 aliphatic heterocycles. The molecule has 26 heavy (non-hydrogen) atoms. The van der Waals surface area contributed by atoms with Gasteiger partial charge in [0.05, 0.1) is 5.69 Å². The van der Waals surface area contributed by atoms with Crippen molar-refractivity contribution >= 4 is 10.9 Å². The lowest BCUT2D eigenvalue weighted by molar-refractivity contribution is 0.251. The van der Waals surface area contributed by atoms with E-state index in [0.717, 1.165) is 19.6 Å². The predicted molar refractivity (Wildman–Crippen MR) is 108 cm³/mol. The van der Waals surface area contributed by atoms with Gasteiger partial charge in [-0.05, 0) is 22.8 Å². The number of hydrogen-bond donors (Lipinski definition) is 0. The first-order valence-corrected chi connectivity index (χ1v) is 9.22. The summed E-state index contributed by atoms with van der Waals surface area (Å²) in [6.45, 7) is 2.92. The highest BCUT2D eigenvalue weighted by molar-refractivity contribution is 5.92. The molecule has 0 saturated heterocycles. The van der Waals surface area contributed by atoms with Crippen LogP contribution in [0.5, 0.6) is 0 Å². The predicted octanol–water partition coefficient (Wildman–Crippen LogP) is 5.36. The highest BCUT2D eigenvalue weighted by Crippen LogP contribution is 2.38. The Morgan fingerprint density at radius 3 is 2.38 bits per heavy atom. The smallest absolute Gasteiger partial charge is 0.0537 e. The van der Waals surface area contributed by atoms with E-state index in [1.165, 1.54) is 38.9 Å². The number of aryl methyl sites for hydroxylation is 1. The van der Waals surface area contributed by atoms with Crippen molar-refractivity contribution in [1.82, 2.24) is 9.47 Å². The average molecular weight is 338 g/mol. The average Bonchev–Trinajstić information content (AvgIpc) is 2.85. The van der Waals surface area contributed by atoms with Gasteiger partial charge in [0.25, 0.3) is 0 Å². The fourth-order valence-electron chi connectivity index (χ4n) is 4.34. The zero-order chi connectivity index (χ0) is 17.5. The number of fused-ring (bicyclic) bond motifs is 5. The van der Waals surface area contributed by atoms with E-state index >= 15 is 0 Å². The van der Waals surface area contributed by atoms with Crippen molar-refractivity contribution in [2.75, 3.05) is 0 Å². The summed E-state index contributed by atoms with van der Waals surface area (Å²) >= 11 is 0. The molecule has 0 unspecified atom stereocenters. The molecule has 1 aromatic heterocycles. The zero-order valence-corrected chi connectivity index (χ0v) is 15.0. The molecule has 0 saturated carbocycles. The van der Waals surface area contributed by atoms with Gasteiger partial charge in [-0.2, -0.15) is 0 Å². The monoisotopic (exact) mass is 338 g/mol. The Morgan fingerprint density at radius 2 is 1.50 bits per heavy atom. The van der Waals surface area contributed by atoms with Crippen LogP contribution in [0.2, 0.25) is 0 Å². The number of hydrogen-bond acceptors (Lipinski definition) is 1. The van der Waals surface area contributed by atoms with E-state index in [9.17, 15) is 0 Å². The molecule has 0 fully saturated rings. The summed E-state index contributed by atoms with van der Waals surface area (Å²) in [5.74, 6) is 0. The Balaban J connectivity index is 1.69. The van der Waals surface area contributed by atoms with Crippen molar-refractivity contribution in [2.24, 2.45) is 7.05 Å². The van der Waals surface area contributed by atoms with Crippen LogP contribution in [-0.2, 0) is 26.7 Å². The third kappa shape index (κ3) is 2.46. The summed E-state index contributed by atoms with van der Waals surface area (Å²) in [6, 6.07) is 28.5. The molecule has 0 spiro atoms. The second-order valence-corrected chi connectivity index (χ2v) is 7.19. The second-order valence-electron chi connectivity index (χ2n) is 7.19. The Bertz CT molecular complexity index is 1080. The lowest BCUT2D eigenvalue weighted by atomic mass is 10.0. The lowest BCUT2D eigenvalue weighted by Crippen LogP contribution is -2.21. The molecule has 0 radical (unpaired) electrons. The first-order valence-electron chi connectivity index (χ1n) is 9.22. The number of para-hydroxylation sites is 1. The van der Waals surface area contributed by atoms with Crippen LogP contribution in [0.3, 0.4) is 0 Å². The molecule has 2 heterocycles. The van der Waals surface area contributed by atoms with Crippen LogP contribution in [0.25, 0.3) is 22.2 Å². The minimum atomic E-state index is 0.970.